The molecule has 0 spiro atoms. The number of methoxy groups -OCH3 is 1. The quantitative estimate of drug-likeness (QED) is 0.600. The Morgan fingerprint density at radius 2 is 2.46 bits per heavy atom. The summed E-state index contributed by atoms with van der Waals surface area (Å²) < 4.78 is 9.27. The molecule has 0 aliphatic carbocycles. The molecule has 0 bridgehead atoms. The van der Waals surface area contributed by atoms with Crippen LogP contribution in [0.1, 0.15) is 12.8 Å². The molecule has 1 saturated heterocycles. The fourth-order valence-corrected chi connectivity index (χ4v) is 1.19. The van der Waals surface area contributed by atoms with Gasteiger partial charge in [-0.05, 0) is 6.42 Å². The van der Waals surface area contributed by atoms with Gasteiger partial charge in [0.1, 0.15) is 6.61 Å². The normalized spacial score (nSPS) is 21.5. The lowest BCUT2D eigenvalue weighted by Crippen LogP contribution is -2.29. The van der Waals surface area contributed by atoms with Gasteiger partial charge < -0.3 is 14.4 Å². The fourth-order valence-electron chi connectivity index (χ4n) is 1.19. The monoisotopic (exact) mass is 187 g/mol. The van der Waals surface area contributed by atoms with E-state index in [4.69, 9.17) is 4.74 Å². The van der Waals surface area contributed by atoms with E-state index in [0.717, 1.165) is 0 Å². The molecule has 1 amide bonds. The van der Waals surface area contributed by atoms with Crippen LogP contribution in [0.15, 0.2) is 0 Å². The van der Waals surface area contributed by atoms with Crippen LogP contribution in [0.4, 0.5) is 4.79 Å². The Hall–Kier alpha value is -1.26. The molecule has 0 aromatic rings. The van der Waals surface area contributed by atoms with Gasteiger partial charge in [-0.2, -0.15) is 0 Å². The first-order valence-electron chi connectivity index (χ1n) is 4.11. The molecule has 74 valence electrons. The van der Waals surface area contributed by atoms with Crippen LogP contribution in [0.5, 0.6) is 0 Å². The first-order chi connectivity index (χ1) is 6.15. The molecule has 1 fully saturated rings. The van der Waals surface area contributed by atoms with E-state index in [1.165, 1.54) is 12.0 Å². The van der Waals surface area contributed by atoms with Crippen LogP contribution in [-0.4, -0.2) is 43.8 Å². The highest BCUT2D eigenvalue weighted by atomic mass is 16.6. The second-order valence-electron chi connectivity index (χ2n) is 2.96. The highest BCUT2D eigenvalue weighted by Crippen LogP contribution is 2.14. The Morgan fingerprint density at radius 1 is 1.77 bits per heavy atom. The zero-order valence-electron chi connectivity index (χ0n) is 7.78. The molecule has 0 radical (unpaired) electrons. The van der Waals surface area contributed by atoms with Gasteiger partial charge in [0.25, 0.3) is 0 Å². The van der Waals surface area contributed by atoms with Crippen LogP contribution in [-0.2, 0) is 14.3 Å². The molecule has 1 aliphatic rings. The predicted molar refractivity (Wildman–Crippen MR) is 44.1 cm³/mol. The molecule has 5 heteroatoms. The van der Waals surface area contributed by atoms with Crippen LogP contribution in [0.25, 0.3) is 0 Å². The summed E-state index contributed by atoms with van der Waals surface area (Å²) in [6, 6.07) is 0.00611. The topological polar surface area (TPSA) is 55.8 Å². The van der Waals surface area contributed by atoms with E-state index >= 15 is 0 Å². The van der Waals surface area contributed by atoms with Crippen molar-refractivity contribution in [3.8, 4) is 0 Å². The summed E-state index contributed by atoms with van der Waals surface area (Å²) in [5.74, 6) is -0.257. The Kier molecular flexibility index (Phi) is 3.11. The molecule has 1 heterocycles. The minimum absolute atomic E-state index is 0.00611. The van der Waals surface area contributed by atoms with Gasteiger partial charge in [-0.1, -0.05) is 0 Å². The van der Waals surface area contributed by atoms with Crippen molar-refractivity contribution >= 4 is 12.1 Å². The largest absolute Gasteiger partial charge is 0.469 e. The molecule has 1 atom stereocenters. The van der Waals surface area contributed by atoms with Crippen LogP contribution < -0.4 is 0 Å². The summed E-state index contributed by atoms with van der Waals surface area (Å²) in [6.45, 7) is 0.367. The SMILES string of the molecule is COC(=O)CC[C@H]1COC(=O)N1C. The lowest BCUT2D eigenvalue weighted by molar-refractivity contribution is -0.140. The number of nitrogens with zero attached hydrogens (tertiary/aromatic N) is 1. The second-order valence-corrected chi connectivity index (χ2v) is 2.96. The maximum atomic E-state index is 10.9. The van der Waals surface area contributed by atoms with Crippen molar-refractivity contribution in [2.75, 3.05) is 20.8 Å². The van der Waals surface area contributed by atoms with Gasteiger partial charge in [0.2, 0.25) is 0 Å². The molecular weight excluding hydrogens is 174 g/mol. The number of amides is 1. The van der Waals surface area contributed by atoms with Crippen molar-refractivity contribution in [2.24, 2.45) is 0 Å². The number of carbonyl (C=O) groups is 2. The maximum Gasteiger partial charge on any atom is 0.409 e. The standard InChI is InChI=1S/C8H13NO4/c1-9-6(5-13-8(9)11)3-4-7(10)12-2/h6H,3-5H2,1-2H3/t6-/m0/s1. The molecule has 0 aromatic carbocycles. The number of hydrogen-bond donors (Lipinski definition) is 0. The second kappa shape index (κ2) is 4.11. The lowest BCUT2D eigenvalue weighted by atomic mass is 10.1. The predicted octanol–water partition coefficient (Wildman–Crippen LogP) is 0.390. The van der Waals surface area contributed by atoms with Crippen molar-refractivity contribution in [3.05, 3.63) is 0 Å². The van der Waals surface area contributed by atoms with Gasteiger partial charge in [-0.3, -0.25) is 4.79 Å². The molecule has 13 heavy (non-hydrogen) atoms. The molecule has 0 saturated carbocycles. The summed E-state index contributed by atoms with van der Waals surface area (Å²) in [6.07, 6.45) is 0.590. The lowest BCUT2D eigenvalue weighted by Gasteiger charge is -2.14. The number of cyclic esters (lactones) is 1. The third kappa shape index (κ3) is 2.34. The number of esters is 1. The van der Waals surface area contributed by atoms with E-state index in [-0.39, 0.29) is 18.1 Å². The Bertz CT molecular complexity index is 216. The van der Waals surface area contributed by atoms with Crippen molar-refractivity contribution < 1.29 is 19.1 Å². The van der Waals surface area contributed by atoms with Crippen molar-refractivity contribution in [2.45, 2.75) is 18.9 Å². The van der Waals surface area contributed by atoms with Gasteiger partial charge >= 0.3 is 12.1 Å². The smallest absolute Gasteiger partial charge is 0.409 e. The van der Waals surface area contributed by atoms with E-state index in [9.17, 15) is 9.59 Å². The summed E-state index contributed by atoms with van der Waals surface area (Å²) in [5.41, 5.74) is 0. The Labute approximate surface area is 76.6 Å². The molecule has 0 N–H and O–H groups in total. The minimum Gasteiger partial charge on any atom is -0.469 e. The zero-order chi connectivity index (χ0) is 9.84. The van der Waals surface area contributed by atoms with Crippen molar-refractivity contribution in [1.29, 1.82) is 0 Å². The van der Waals surface area contributed by atoms with Crippen LogP contribution in [0, 0.1) is 0 Å². The molecule has 0 aromatic heterocycles. The first kappa shape index (κ1) is 9.83. The van der Waals surface area contributed by atoms with E-state index in [1.54, 1.807) is 7.05 Å². The highest BCUT2D eigenvalue weighted by Gasteiger charge is 2.29. The summed E-state index contributed by atoms with van der Waals surface area (Å²) in [4.78, 5) is 23.2. The zero-order valence-corrected chi connectivity index (χ0v) is 7.78. The number of rotatable bonds is 3. The number of carbonyl (C=O) groups excluding carboxylic acids is 2. The van der Waals surface area contributed by atoms with E-state index < -0.39 is 0 Å². The first-order valence-corrected chi connectivity index (χ1v) is 4.11. The van der Waals surface area contributed by atoms with E-state index in [0.29, 0.717) is 19.4 Å². The van der Waals surface area contributed by atoms with Crippen LogP contribution >= 0.6 is 0 Å². The maximum absolute atomic E-state index is 10.9. The summed E-state index contributed by atoms with van der Waals surface area (Å²) >= 11 is 0. The third-order valence-corrected chi connectivity index (χ3v) is 2.14. The molecule has 1 rings (SSSR count). The van der Waals surface area contributed by atoms with Gasteiger partial charge in [-0.25, -0.2) is 4.79 Å². The van der Waals surface area contributed by atoms with Gasteiger partial charge in [0, 0.05) is 13.5 Å². The molecule has 0 unspecified atom stereocenters. The van der Waals surface area contributed by atoms with Gasteiger partial charge in [0.15, 0.2) is 0 Å². The van der Waals surface area contributed by atoms with Gasteiger partial charge in [-0.15, -0.1) is 0 Å². The average molecular weight is 187 g/mol. The third-order valence-electron chi connectivity index (χ3n) is 2.14. The van der Waals surface area contributed by atoms with Crippen LogP contribution in [0.3, 0.4) is 0 Å². The number of hydrogen-bond acceptors (Lipinski definition) is 4. The Balaban J connectivity index is 2.30. The molecule has 1 aliphatic heterocycles. The summed E-state index contributed by atoms with van der Waals surface area (Å²) in [7, 11) is 3.01. The van der Waals surface area contributed by atoms with Crippen LogP contribution in [0.2, 0.25) is 0 Å². The number of ether oxygens (including phenoxy) is 2. The average Bonchev–Trinajstić information content (AvgIpc) is 2.44. The van der Waals surface area contributed by atoms with Crippen molar-refractivity contribution in [3.63, 3.8) is 0 Å². The summed E-state index contributed by atoms with van der Waals surface area (Å²) in [5, 5.41) is 0. The Morgan fingerprint density at radius 3 is 2.92 bits per heavy atom. The van der Waals surface area contributed by atoms with Gasteiger partial charge in [0.05, 0.1) is 13.2 Å². The fraction of sp³-hybridized carbons (Fsp3) is 0.750. The van der Waals surface area contributed by atoms with E-state index in [1.807, 2.05) is 0 Å². The molecule has 5 nitrogen and oxygen atoms in total. The minimum atomic E-state index is -0.324. The van der Waals surface area contributed by atoms with Crippen molar-refractivity contribution in [1.82, 2.24) is 4.90 Å². The molecular formula is C8H13NO4. The number of likely N-dealkylation sites (N-methyl/N-ethyl adjacent to an activating group) is 1. The highest BCUT2D eigenvalue weighted by molar-refractivity contribution is 5.71. The van der Waals surface area contributed by atoms with E-state index in [2.05, 4.69) is 4.74 Å².